The van der Waals surface area contributed by atoms with Crippen LogP contribution in [0, 0.1) is 0 Å². The van der Waals surface area contributed by atoms with Crippen molar-refractivity contribution in [3.05, 3.63) is 34.9 Å². The fraction of sp³-hybridized carbons (Fsp3) is 0.600. The van der Waals surface area contributed by atoms with E-state index in [2.05, 4.69) is 35.3 Å². The average molecular weight is 230 g/mol. The number of rotatable bonds is 2. The molecule has 1 atom stereocenters. The van der Waals surface area contributed by atoms with Gasteiger partial charge in [0.2, 0.25) is 0 Å². The predicted octanol–water partition coefficient (Wildman–Crippen LogP) is 2.84. The first-order valence-electron chi connectivity index (χ1n) is 6.94. The van der Waals surface area contributed by atoms with Crippen LogP contribution in [0.15, 0.2) is 18.2 Å². The number of hydrogen-bond acceptors (Lipinski definition) is 2. The van der Waals surface area contributed by atoms with E-state index >= 15 is 0 Å². The van der Waals surface area contributed by atoms with E-state index in [0.29, 0.717) is 6.04 Å². The van der Waals surface area contributed by atoms with Crippen LogP contribution in [0.1, 0.15) is 48.9 Å². The Labute approximate surface area is 104 Å². The van der Waals surface area contributed by atoms with Crippen molar-refractivity contribution in [1.29, 1.82) is 0 Å². The molecule has 2 aliphatic rings. The van der Waals surface area contributed by atoms with E-state index in [4.69, 9.17) is 0 Å². The summed E-state index contributed by atoms with van der Waals surface area (Å²) in [7, 11) is 0. The molecule has 0 spiro atoms. The summed E-state index contributed by atoms with van der Waals surface area (Å²) in [5.41, 5.74) is 4.59. The smallest absolute Gasteiger partial charge is 0.0320 e. The lowest BCUT2D eigenvalue weighted by molar-refractivity contribution is 0.301. The maximum absolute atomic E-state index is 3.64. The Balaban J connectivity index is 1.80. The van der Waals surface area contributed by atoms with E-state index in [9.17, 15) is 0 Å². The number of benzene rings is 1. The molecule has 2 heteroatoms. The molecule has 2 heterocycles. The van der Waals surface area contributed by atoms with Crippen molar-refractivity contribution in [1.82, 2.24) is 10.2 Å². The Kier molecular flexibility index (Phi) is 3.17. The van der Waals surface area contributed by atoms with Crippen molar-refractivity contribution >= 4 is 0 Å². The Morgan fingerprint density at radius 1 is 1.24 bits per heavy atom. The van der Waals surface area contributed by atoms with Gasteiger partial charge in [0.05, 0.1) is 0 Å². The van der Waals surface area contributed by atoms with Gasteiger partial charge in [-0.25, -0.2) is 0 Å². The summed E-state index contributed by atoms with van der Waals surface area (Å²) >= 11 is 0. The van der Waals surface area contributed by atoms with Crippen LogP contribution in [0.2, 0.25) is 0 Å². The molecule has 0 radical (unpaired) electrons. The van der Waals surface area contributed by atoms with Gasteiger partial charge >= 0.3 is 0 Å². The van der Waals surface area contributed by atoms with Crippen LogP contribution < -0.4 is 5.32 Å². The third-order valence-corrected chi connectivity index (χ3v) is 4.18. The summed E-state index contributed by atoms with van der Waals surface area (Å²) in [6.07, 6.45) is 4.01. The quantitative estimate of drug-likeness (QED) is 0.840. The molecule has 1 saturated heterocycles. The predicted molar refractivity (Wildman–Crippen MR) is 70.8 cm³/mol. The minimum absolute atomic E-state index is 0.602. The van der Waals surface area contributed by atoms with Gasteiger partial charge in [-0.2, -0.15) is 0 Å². The van der Waals surface area contributed by atoms with Crippen molar-refractivity contribution < 1.29 is 0 Å². The standard InChI is InChI=1S/C15H22N2/c1-2-17-10-13-7-6-12(9-14(13)11-17)15-5-3-4-8-16-15/h6-7,9,15-16H,2-5,8,10-11H2,1H3. The van der Waals surface area contributed by atoms with E-state index in [1.54, 1.807) is 5.56 Å². The first kappa shape index (κ1) is 11.2. The Bertz CT molecular complexity index is 394. The van der Waals surface area contributed by atoms with Gasteiger partial charge in [-0.15, -0.1) is 0 Å². The number of nitrogens with one attached hydrogen (secondary N) is 1. The molecular formula is C15H22N2. The molecular weight excluding hydrogens is 208 g/mol. The maximum atomic E-state index is 3.64. The van der Waals surface area contributed by atoms with Gasteiger partial charge < -0.3 is 5.32 Å². The van der Waals surface area contributed by atoms with Gasteiger partial charge in [-0.1, -0.05) is 31.5 Å². The molecule has 92 valence electrons. The molecule has 0 aromatic heterocycles. The first-order chi connectivity index (χ1) is 8.36. The second kappa shape index (κ2) is 4.79. The molecule has 2 aliphatic heterocycles. The largest absolute Gasteiger partial charge is 0.310 e. The summed E-state index contributed by atoms with van der Waals surface area (Å²) in [6, 6.07) is 7.72. The molecule has 1 unspecified atom stereocenters. The molecule has 0 saturated carbocycles. The zero-order valence-electron chi connectivity index (χ0n) is 10.7. The molecule has 1 N–H and O–H groups in total. The summed E-state index contributed by atoms with van der Waals surface area (Å²) in [6.45, 7) is 6.88. The number of nitrogens with zero attached hydrogens (tertiary/aromatic N) is 1. The summed E-state index contributed by atoms with van der Waals surface area (Å²) in [4.78, 5) is 2.50. The van der Waals surface area contributed by atoms with Crippen LogP contribution in [-0.4, -0.2) is 18.0 Å². The van der Waals surface area contributed by atoms with E-state index in [-0.39, 0.29) is 0 Å². The second-order valence-electron chi connectivity index (χ2n) is 5.33. The van der Waals surface area contributed by atoms with Crippen molar-refractivity contribution in [2.24, 2.45) is 0 Å². The highest BCUT2D eigenvalue weighted by atomic mass is 15.1. The Morgan fingerprint density at radius 3 is 2.88 bits per heavy atom. The van der Waals surface area contributed by atoms with Crippen LogP contribution in [0.3, 0.4) is 0 Å². The molecule has 2 nitrogen and oxygen atoms in total. The van der Waals surface area contributed by atoms with E-state index in [1.165, 1.54) is 36.9 Å². The molecule has 3 rings (SSSR count). The minimum Gasteiger partial charge on any atom is -0.310 e. The van der Waals surface area contributed by atoms with Crippen LogP contribution in [0.5, 0.6) is 0 Å². The third kappa shape index (κ3) is 2.24. The molecule has 1 aromatic rings. The fourth-order valence-corrected chi connectivity index (χ4v) is 3.06. The fourth-order valence-electron chi connectivity index (χ4n) is 3.06. The van der Waals surface area contributed by atoms with Gasteiger partial charge in [-0.3, -0.25) is 4.90 Å². The zero-order chi connectivity index (χ0) is 11.7. The topological polar surface area (TPSA) is 15.3 Å². The lowest BCUT2D eigenvalue weighted by Gasteiger charge is -2.24. The van der Waals surface area contributed by atoms with Gasteiger partial charge in [0.25, 0.3) is 0 Å². The summed E-state index contributed by atoms with van der Waals surface area (Å²) in [5, 5.41) is 3.64. The normalized spacial score (nSPS) is 24.9. The van der Waals surface area contributed by atoms with Crippen LogP contribution in [0.4, 0.5) is 0 Å². The third-order valence-electron chi connectivity index (χ3n) is 4.18. The lowest BCUT2D eigenvalue weighted by Crippen LogP contribution is -2.26. The SMILES string of the molecule is CCN1Cc2ccc(C3CCCCN3)cc2C1. The highest BCUT2D eigenvalue weighted by Gasteiger charge is 2.20. The van der Waals surface area contributed by atoms with Gasteiger partial charge in [0.1, 0.15) is 0 Å². The molecule has 0 amide bonds. The average Bonchev–Trinajstić information content (AvgIpc) is 2.81. The number of fused-ring (bicyclic) bond motifs is 1. The van der Waals surface area contributed by atoms with Crippen molar-refractivity contribution in [2.45, 2.75) is 45.3 Å². The minimum atomic E-state index is 0.602. The Morgan fingerprint density at radius 2 is 2.12 bits per heavy atom. The van der Waals surface area contributed by atoms with Crippen molar-refractivity contribution in [3.63, 3.8) is 0 Å². The van der Waals surface area contributed by atoms with Crippen LogP contribution in [0.25, 0.3) is 0 Å². The maximum Gasteiger partial charge on any atom is 0.0320 e. The van der Waals surface area contributed by atoms with Crippen LogP contribution in [-0.2, 0) is 13.1 Å². The Hall–Kier alpha value is -0.860. The monoisotopic (exact) mass is 230 g/mol. The van der Waals surface area contributed by atoms with Crippen molar-refractivity contribution in [2.75, 3.05) is 13.1 Å². The second-order valence-corrected chi connectivity index (χ2v) is 5.33. The van der Waals surface area contributed by atoms with E-state index in [0.717, 1.165) is 19.6 Å². The number of hydrogen-bond donors (Lipinski definition) is 1. The molecule has 1 aromatic carbocycles. The van der Waals surface area contributed by atoms with Gasteiger partial charge in [0.15, 0.2) is 0 Å². The molecule has 0 bridgehead atoms. The number of piperidine rings is 1. The van der Waals surface area contributed by atoms with Crippen LogP contribution >= 0.6 is 0 Å². The molecule has 0 aliphatic carbocycles. The summed E-state index contributed by atoms with van der Waals surface area (Å²) in [5.74, 6) is 0. The lowest BCUT2D eigenvalue weighted by atomic mass is 9.95. The summed E-state index contributed by atoms with van der Waals surface area (Å²) < 4.78 is 0. The zero-order valence-corrected chi connectivity index (χ0v) is 10.7. The van der Waals surface area contributed by atoms with Gasteiger partial charge in [-0.05, 0) is 42.6 Å². The molecule has 17 heavy (non-hydrogen) atoms. The highest BCUT2D eigenvalue weighted by Crippen LogP contribution is 2.28. The highest BCUT2D eigenvalue weighted by molar-refractivity contribution is 5.36. The molecule has 1 fully saturated rings. The van der Waals surface area contributed by atoms with E-state index in [1.807, 2.05) is 0 Å². The van der Waals surface area contributed by atoms with Gasteiger partial charge in [0, 0.05) is 19.1 Å². The van der Waals surface area contributed by atoms with E-state index < -0.39 is 0 Å². The first-order valence-corrected chi connectivity index (χ1v) is 6.94. The van der Waals surface area contributed by atoms with Crippen molar-refractivity contribution in [3.8, 4) is 0 Å².